The van der Waals surface area contributed by atoms with Gasteiger partial charge in [0, 0.05) is 13.1 Å². The monoisotopic (exact) mass is 334 g/mol. The van der Waals surface area contributed by atoms with Crippen molar-refractivity contribution in [2.24, 2.45) is 0 Å². The van der Waals surface area contributed by atoms with Crippen molar-refractivity contribution in [3.05, 3.63) is 29.6 Å². The van der Waals surface area contributed by atoms with Crippen LogP contribution in [0.4, 0.5) is 17.6 Å². The summed E-state index contributed by atoms with van der Waals surface area (Å²) in [5.74, 6) is -0.970. The molecule has 0 aliphatic carbocycles. The fraction of sp³-hybridized carbons (Fsp3) is 0.533. The molecule has 0 saturated carbocycles. The number of likely N-dealkylation sites (tertiary alicyclic amines) is 1. The minimum atomic E-state index is -4.40. The molecule has 1 N–H and O–H groups in total. The van der Waals surface area contributed by atoms with Crippen LogP contribution in [0.3, 0.4) is 0 Å². The fourth-order valence-corrected chi connectivity index (χ4v) is 2.56. The molecule has 0 aromatic heterocycles. The van der Waals surface area contributed by atoms with E-state index < -0.39 is 30.5 Å². The molecule has 1 amide bonds. The zero-order valence-electron chi connectivity index (χ0n) is 12.6. The minimum Gasteiger partial charge on any atom is -0.494 e. The van der Waals surface area contributed by atoms with Gasteiger partial charge in [0.15, 0.2) is 11.6 Å². The van der Waals surface area contributed by atoms with Crippen molar-refractivity contribution in [1.29, 1.82) is 0 Å². The van der Waals surface area contributed by atoms with Crippen LogP contribution < -0.4 is 10.1 Å². The van der Waals surface area contributed by atoms with Gasteiger partial charge in [-0.25, -0.2) is 4.39 Å². The second-order valence-corrected chi connectivity index (χ2v) is 5.42. The van der Waals surface area contributed by atoms with Crippen LogP contribution in [0.15, 0.2) is 18.2 Å². The van der Waals surface area contributed by atoms with Crippen molar-refractivity contribution < 1.29 is 27.1 Å². The number of carbonyl (C=O) groups excluding carboxylic acids is 1. The normalized spacial score (nSPS) is 19.1. The van der Waals surface area contributed by atoms with Crippen LogP contribution in [0.2, 0.25) is 0 Å². The molecule has 0 bridgehead atoms. The number of ether oxygens (including phenoxy) is 1. The molecule has 1 aromatic carbocycles. The number of hydrogen-bond donors (Lipinski definition) is 1. The summed E-state index contributed by atoms with van der Waals surface area (Å²) in [4.78, 5) is 12.9. The van der Waals surface area contributed by atoms with Crippen molar-refractivity contribution in [2.45, 2.75) is 31.6 Å². The van der Waals surface area contributed by atoms with Gasteiger partial charge < -0.3 is 15.0 Å². The third-order valence-electron chi connectivity index (χ3n) is 3.67. The highest BCUT2D eigenvalue weighted by Gasteiger charge is 2.37. The summed E-state index contributed by atoms with van der Waals surface area (Å²) >= 11 is 0. The lowest BCUT2D eigenvalue weighted by molar-refractivity contribution is -0.165. The molecule has 1 unspecified atom stereocenters. The average Bonchev–Trinajstić information content (AvgIpc) is 2.48. The first-order chi connectivity index (χ1) is 10.8. The summed E-state index contributed by atoms with van der Waals surface area (Å²) < 4.78 is 55.5. The van der Waals surface area contributed by atoms with Gasteiger partial charge in [-0.15, -0.1) is 0 Å². The third-order valence-corrected chi connectivity index (χ3v) is 3.67. The number of amides is 1. The number of carbonyl (C=O) groups is 1. The Morgan fingerprint density at radius 3 is 2.78 bits per heavy atom. The quantitative estimate of drug-likeness (QED) is 0.841. The summed E-state index contributed by atoms with van der Waals surface area (Å²) in [5, 5.41) is 2.94. The molecular weight excluding hydrogens is 316 g/mol. The molecule has 8 heteroatoms. The molecule has 128 valence electrons. The Morgan fingerprint density at radius 1 is 1.39 bits per heavy atom. The smallest absolute Gasteiger partial charge is 0.406 e. The van der Waals surface area contributed by atoms with Crippen LogP contribution in [0.25, 0.3) is 0 Å². The largest absolute Gasteiger partial charge is 0.494 e. The third kappa shape index (κ3) is 4.82. The standard InChI is InChI=1S/C15H18F4N2O2/c1-23-13-7-10(4-5-11(13)16)8-20-12-3-2-6-21(14(12)22)9-15(17,18)19/h4-5,7,12,20H,2-3,6,8-9H2,1H3. The lowest BCUT2D eigenvalue weighted by Gasteiger charge is -2.33. The molecule has 4 nitrogen and oxygen atoms in total. The van der Waals surface area contributed by atoms with E-state index in [9.17, 15) is 22.4 Å². The van der Waals surface area contributed by atoms with Crippen LogP contribution in [0, 0.1) is 5.82 Å². The zero-order chi connectivity index (χ0) is 17.0. The highest BCUT2D eigenvalue weighted by atomic mass is 19.4. The molecule has 23 heavy (non-hydrogen) atoms. The van der Waals surface area contributed by atoms with E-state index in [2.05, 4.69) is 5.32 Å². The van der Waals surface area contributed by atoms with Gasteiger partial charge in [-0.1, -0.05) is 6.07 Å². The van der Waals surface area contributed by atoms with E-state index in [-0.39, 0.29) is 18.8 Å². The Hall–Kier alpha value is -1.83. The van der Waals surface area contributed by atoms with Crippen LogP contribution in [-0.4, -0.2) is 43.2 Å². The second kappa shape index (κ2) is 7.16. The maximum absolute atomic E-state index is 13.3. The first-order valence-corrected chi connectivity index (χ1v) is 7.21. The van der Waals surface area contributed by atoms with Gasteiger partial charge in [0.05, 0.1) is 13.2 Å². The topological polar surface area (TPSA) is 41.6 Å². The van der Waals surface area contributed by atoms with E-state index in [0.29, 0.717) is 18.4 Å². The van der Waals surface area contributed by atoms with E-state index >= 15 is 0 Å². The summed E-state index contributed by atoms with van der Waals surface area (Å²) in [5.41, 5.74) is 0.684. The van der Waals surface area contributed by atoms with Gasteiger partial charge in [0.2, 0.25) is 5.91 Å². The molecule has 1 atom stereocenters. The molecule has 1 aromatic rings. The lowest BCUT2D eigenvalue weighted by atomic mass is 10.0. The predicted octanol–water partition coefficient (Wildman–Crippen LogP) is 2.48. The first-order valence-electron chi connectivity index (χ1n) is 7.21. The summed E-state index contributed by atoms with van der Waals surface area (Å²) in [6.07, 6.45) is -3.42. The van der Waals surface area contributed by atoms with Crippen molar-refractivity contribution in [3.8, 4) is 5.75 Å². The molecular formula is C15H18F4N2O2. The Balaban J connectivity index is 1.96. The SMILES string of the molecule is COc1cc(CNC2CCCN(CC(F)(F)F)C2=O)ccc1F. The molecule has 1 aliphatic rings. The number of alkyl halides is 3. The van der Waals surface area contributed by atoms with Crippen LogP contribution in [0.1, 0.15) is 18.4 Å². The number of piperidine rings is 1. The highest BCUT2D eigenvalue weighted by molar-refractivity contribution is 5.82. The Bertz CT molecular complexity index is 563. The van der Waals surface area contributed by atoms with E-state index in [1.165, 1.54) is 25.3 Å². The molecule has 1 saturated heterocycles. The summed E-state index contributed by atoms with van der Waals surface area (Å²) in [7, 11) is 1.34. The van der Waals surface area contributed by atoms with E-state index in [4.69, 9.17) is 4.74 Å². The Labute approximate surface area is 131 Å². The lowest BCUT2D eigenvalue weighted by Crippen LogP contribution is -2.52. The van der Waals surface area contributed by atoms with Gasteiger partial charge in [-0.3, -0.25) is 4.79 Å². The number of hydrogen-bond acceptors (Lipinski definition) is 3. The Morgan fingerprint density at radius 2 is 2.13 bits per heavy atom. The molecule has 2 rings (SSSR count). The zero-order valence-corrected chi connectivity index (χ0v) is 12.6. The minimum absolute atomic E-state index is 0.0815. The maximum atomic E-state index is 13.3. The highest BCUT2D eigenvalue weighted by Crippen LogP contribution is 2.22. The van der Waals surface area contributed by atoms with Gasteiger partial charge in [0.25, 0.3) is 0 Å². The molecule has 1 heterocycles. The number of nitrogens with zero attached hydrogens (tertiary/aromatic N) is 1. The number of methoxy groups -OCH3 is 1. The molecule has 0 radical (unpaired) electrons. The first kappa shape index (κ1) is 17.5. The Kier molecular flexibility index (Phi) is 5.46. The van der Waals surface area contributed by atoms with E-state index in [1.807, 2.05) is 0 Å². The van der Waals surface area contributed by atoms with Crippen molar-refractivity contribution in [1.82, 2.24) is 10.2 Å². The molecule has 1 aliphatic heterocycles. The van der Waals surface area contributed by atoms with E-state index in [1.54, 1.807) is 0 Å². The van der Waals surface area contributed by atoms with Gasteiger partial charge in [-0.2, -0.15) is 13.2 Å². The van der Waals surface area contributed by atoms with Crippen molar-refractivity contribution in [2.75, 3.05) is 20.2 Å². The number of nitrogens with one attached hydrogen (secondary N) is 1. The van der Waals surface area contributed by atoms with Crippen molar-refractivity contribution in [3.63, 3.8) is 0 Å². The number of halogens is 4. The van der Waals surface area contributed by atoms with Gasteiger partial charge in [-0.05, 0) is 30.5 Å². The van der Waals surface area contributed by atoms with Crippen LogP contribution in [0.5, 0.6) is 5.75 Å². The summed E-state index contributed by atoms with van der Waals surface area (Å²) in [6.45, 7) is -0.873. The van der Waals surface area contributed by atoms with E-state index in [0.717, 1.165) is 4.90 Å². The number of rotatable bonds is 5. The van der Waals surface area contributed by atoms with Gasteiger partial charge >= 0.3 is 6.18 Å². The number of benzene rings is 1. The second-order valence-electron chi connectivity index (χ2n) is 5.42. The predicted molar refractivity (Wildman–Crippen MR) is 75.4 cm³/mol. The van der Waals surface area contributed by atoms with Gasteiger partial charge in [0.1, 0.15) is 6.54 Å². The van der Waals surface area contributed by atoms with Crippen molar-refractivity contribution >= 4 is 5.91 Å². The average molecular weight is 334 g/mol. The molecule has 0 spiro atoms. The van der Waals surface area contributed by atoms with Crippen LogP contribution in [-0.2, 0) is 11.3 Å². The fourth-order valence-electron chi connectivity index (χ4n) is 2.56. The van der Waals surface area contributed by atoms with Crippen LogP contribution >= 0.6 is 0 Å². The molecule has 1 fully saturated rings. The maximum Gasteiger partial charge on any atom is 0.406 e. The summed E-state index contributed by atoms with van der Waals surface area (Å²) in [6, 6.07) is 3.60.